The lowest BCUT2D eigenvalue weighted by atomic mass is 10.2. The lowest BCUT2D eigenvalue weighted by Crippen LogP contribution is -2.31. The molecule has 0 fully saturated rings. The number of amides is 1. The molecule has 4 rings (SSSR count). The van der Waals surface area contributed by atoms with Gasteiger partial charge in [-0.1, -0.05) is 30.3 Å². The van der Waals surface area contributed by atoms with E-state index in [9.17, 15) is 4.79 Å². The fourth-order valence-electron chi connectivity index (χ4n) is 3.83. The lowest BCUT2D eigenvalue weighted by Gasteiger charge is -2.11. The van der Waals surface area contributed by atoms with Crippen molar-refractivity contribution in [3.63, 3.8) is 0 Å². The number of fused-ring (bicyclic) bond motifs is 1. The van der Waals surface area contributed by atoms with E-state index in [1.807, 2.05) is 72.8 Å². The van der Waals surface area contributed by atoms with Gasteiger partial charge in [0.25, 0.3) is 5.91 Å². The van der Waals surface area contributed by atoms with Gasteiger partial charge in [0.1, 0.15) is 23.1 Å². The summed E-state index contributed by atoms with van der Waals surface area (Å²) >= 11 is 0. The molecule has 1 heterocycles. The first kappa shape index (κ1) is 24.1. The van der Waals surface area contributed by atoms with Crippen LogP contribution >= 0.6 is 0 Å². The molecule has 0 unspecified atom stereocenters. The SMILES string of the molecule is COc1ccc(OCCCCn2c(CCNC(=O)COc3ccccc3)nc3ccccc32)cc1. The number of carbonyl (C=O) groups is 1. The van der Waals surface area contributed by atoms with Gasteiger partial charge in [0, 0.05) is 19.5 Å². The second-order valence-electron chi connectivity index (χ2n) is 8.10. The molecule has 0 saturated heterocycles. The Kier molecular flexibility index (Phi) is 8.59. The number of ether oxygens (including phenoxy) is 3. The van der Waals surface area contributed by atoms with Crippen molar-refractivity contribution < 1.29 is 19.0 Å². The first-order valence-electron chi connectivity index (χ1n) is 11.9. The Labute approximate surface area is 205 Å². The summed E-state index contributed by atoms with van der Waals surface area (Å²) in [4.78, 5) is 17.0. The fourth-order valence-corrected chi connectivity index (χ4v) is 3.83. The van der Waals surface area contributed by atoms with Crippen LogP contribution in [0.1, 0.15) is 18.7 Å². The number of benzene rings is 3. The second-order valence-corrected chi connectivity index (χ2v) is 8.10. The monoisotopic (exact) mass is 473 g/mol. The lowest BCUT2D eigenvalue weighted by molar-refractivity contribution is -0.123. The largest absolute Gasteiger partial charge is 0.497 e. The molecule has 0 bridgehead atoms. The maximum Gasteiger partial charge on any atom is 0.257 e. The highest BCUT2D eigenvalue weighted by molar-refractivity contribution is 5.77. The average Bonchev–Trinajstić information content (AvgIpc) is 3.25. The van der Waals surface area contributed by atoms with Crippen molar-refractivity contribution in [1.29, 1.82) is 0 Å². The maximum atomic E-state index is 12.2. The van der Waals surface area contributed by atoms with Crippen molar-refractivity contribution in [2.75, 3.05) is 26.9 Å². The molecule has 7 nitrogen and oxygen atoms in total. The molecule has 0 radical (unpaired) electrons. The van der Waals surface area contributed by atoms with Crippen LogP contribution in [0.15, 0.2) is 78.9 Å². The number of rotatable bonds is 13. The highest BCUT2D eigenvalue weighted by Crippen LogP contribution is 2.19. The summed E-state index contributed by atoms with van der Waals surface area (Å²) in [5.41, 5.74) is 2.08. The number of unbranched alkanes of at least 4 members (excludes halogenated alkanes) is 1. The molecule has 0 aliphatic rings. The van der Waals surface area contributed by atoms with Gasteiger partial charge in [-0.2, -0.15) is 0 Å². The van der Waals surface area contributed by atoms with Gasteiger partial charge in [-0.05, 0) is 61.4 Å². The van der Waals surface area contributed by atoms with Crippen LogP contribution < -0.4 is 19.5 Å². The summed E-state index contributed by atoms with van der Waals surface area (Å²) in [7, 11) is 1.65. The van der Waals surface area contributed by atoms with E-state index in [-0.39, 0.29) is 12.5 Å². The van der Waals surface area contributed by atoms with Crippen LogP contribution in [0.5, 0.6) is 17.2 Å². The van der Waals surface area contributed by atoms with Gasteiger partial charge < -0.3 is 24.1 Å². The van der Waals surface area contributed by atoms with Crippen LogP contribution in [-0.2, 0) is 17.8 Å². The first-order chi connectivity index (χ1) is 17.2. The number of carbonyl (C=O) groups excluding carboxylic acids is 1. The third-order valence-corrected chi connectivity index (χ3v) is 5.62. The predicted molar refractivity (Wildman–Crippen MR) is 136 cm³/mol. The minimum atomic E-state index is -0.146. The van der Waals surface area contributed by atoms with Gasteiger partial charge in [-0.25, -0.2) is 4.98 Å². The molecule has 35 heavy (non-hydrogen) atoms. The fraction of sp³-hybridized carbons (Fsp3) is 0.286. The van der Waals surface area contributed by atoms with E-state index >= 15 is 0 Å². The molecule has 182 valence electrons. The maximum absolute atomic E-state index is 12.2. The average molecular weight is 474 g/mol. The van der Waals surface area contributed by atoms with Crippen molar-refractivity contribution in [3.05, 3.63) is 84.7 Å². The van der Waals surface area contributed by atoms with Crippen LogP contribution in [0.4, 0.5) is 0 Å². The predicted octanol–water partition coefficient (Wildman–Crippen LogP) is 4.64. The van der Waals surface area contributed by atoms with Crippen molar-refractivity contribution in [1.82, 2.24) is 14.9 Å². The quantitative estimate of drug-likeness (QED) is 0.286. The molecule has 0 saturated carbocycles. The number of hydrogen-bond donors (Lipinski definition) is 1. The van der Waals surface area contributed by atoms with Crippen molar-refractivity contribution in [2.45, 2.75) is 25.8 Å². The molecular weight excluding hydrogens is 442 g/mol. The van der Waals surface area contributed by atoms with E-state index in [2.05, 4.69) is 16.0 Å². The van der Waals surface area contributed by atoms with Gasteiger partial charge in [-0.15, -0.1) is 0 Å². The van der Waals surface area contributed by atoms with Gasteiger partial charge in [-0.3, -0.25) is 4.79 Å². The number of aryl methyl sites for hydroxylation is 1. The van der Waals surface area contributed by atoms with Crippen LogP contribution in [0, 0.1) is 0 Å². The molecule has 0 spiro atoms. The van der Waals surface area contributed by atoms with E-state index in [0.29, 0.717) is 25.3 Å². The molecule has 1 aromatic heterocycles. The second kappa shape index (κ2) is 12.5. The Morgan fingerprint density at radius 3 is 2.37 bits per heavy atom. The highest BCUT2D eigenvalue weighted by Gasteiger charge is 2.11. The minimum absolute atomic E-state index is 0.00533. The molecule has 3 aromatic carbocycles. The van der Waals surface area contributed by atoms with Crippen LogP contribution in [-0.4, -0.2) is 42.3 Å². The Balaban J connectivity index is 1.25. The molecule has 1 N–H and O–H groups in total. The number of nitrogens with one attached hydrogen (secondary N) is 1. The molecular formula is C28H31N3O4. The van der Waals surface area contributed by atoms with E-state index in [4.69, 9.17) is 19.2 Å². The smallest absolute Gasteiger partial charge is 0.257 e. The number of hydrogen-bond acceptors (Lipinski definition) is 5. The summed E-state index contributed by atoms with van der Waals surface area (Å²) in [5, 5.41) is 2.93. The summed E-state index contributed by atoms with van der Waals surface area (Å²) in [6.07, 6.45) is 2.53. The topological polar surface area (TPSA) is 74.6 Å². The van der Waals surface area contributed by atoms with E-state index in [0.717, 1.165) is 47.7 Å². The summed E-state index contributed by atoms with van der Waals surface area (Å²) in [5.74, 6) is 3.16. The first-order valence-corrected chi connectivity index (χ1v) is 11.9. The summed E-state index contributed by atoms with van der Waals surface area (Å²) < 4.78 is 18.8. The Hall–Kier alpha value is -4.00. The minimum Gasteiger partial charge on any atom is -0.497 e. The van der Waals surface area contributed by atoms with Crippen LogP contribution in [0.2, 0.25) is 0 Å². The van der Waals surface area contributed by atoms with Crippen molar-refractivity contribution >= 4 is 16.9 Å². The molecule has 4 aromatic rings. The van der Waals surface area contributed by atoms with Crippen molar-refractivity contribution in [3.8, 4) is 17.2 Å². The Morgan fingerprint density at radius 2 is 1.57 bits per heavy atom. The number of methoxy groups -OCH3 is 1. The number of imidazole rings is 1. The molecule has 0 aliphatic carbocycles. The normalized spacial score (nSPS) is 10.8. The van der Waals surface area contributed by atoms with Gasteiger partial charge in [0.2, 0.25) is 0 Å². The van der Waals surface area contributed by atoms with E-state index < -0.39 is 0 Å². The summed E-state index contributed by atoms with van der Waals surface area (Å²) in [6.45, 7) is 1.98. The van der Waals surface area contributed by atoms with Gasteiger partial charge >= 0.3 is 0 Å². The molecule has 7 heteroatoms. The highest BCUT2D eigenvalue weighted by atomic mass is 16.5. The number of nitrogens with zero attached hydrogens (tertiary/aromatic N) is 2. The van der Waals surface area contributed by atoms with Gasteiger partial charge in [0.05, 0.1) is 24.8 Å². The molecule has 0 atom stereocenters. The zero-order valence-electron chi connectivity index (χ0n) is 20.0. The van der Waals surface area contributed by atoms with E-state index in [1.165, 1.54) is 0 Å². The Bertz CT molecular complexity index is 1210. The van der Waals surface area contributed by atoms with Crippen molar-refractivity contribution in [2.24, 2.45) is 0 Å². The zero-order valence-corrected chi connectivity index (χ0v) is 20.0. The number of para-hydroxylation sites is 3. The Morgan fingerprint density at radius 1 is 0.857 bits per heavy atom. The zero-order chi connectivity index (χ0) is 24.3. The third kappa shape index (κ3) is 6.99. The van der Waals surface area contributed by atoms with Crippen LogP contribution in [0.3, 0.4) is 0 Å². The standard InChI is InChI=1S/C28H31N3O4/c1-33-22-13-15-24(16-14-22)34-20-8-7-19-31-26-12-6-5-11-25(26)30-27(31)17-18-29-28(32)21-35-23-9-3-2-4-10-23/h2-6,9-16H,7-8,17-21H2,1H3,(H,29,32). The van der Waals surface area contributed by atoms with Crippen LogP contribution in [0.25, 0.3) is 11.0 Å². The number of aromatic nitrogens is 2. The van der Waals surface area contributed by atoms with Gasteiger partial charge in [0.15, 0.2) is 6.61 Å². The third-order valence-electron chi connectivity index (χ3n) is 5.62. The van der Waals surface area contributed by atoms with E-state index in [1.54, 1.807) is 7.11 Å². The molecule has 0 aliphatic heterocycles. The summed E-state index contributed by atoms with van der Waals surface area (Å²) in [6, 6.07) is 25.1. The molecule has 1 amide bonds.